The lowest BCUT2D eigenvalue weighted by atomic mass is 10.1. The van der Waals surface area contributed by atoms with Crippen LogP contribution in [0.5, 0.6) is 0 Å². The molecule has 0 fully saturated rings. The summed E-state index contributed by atoms with van der Waals surface area (Å²) in [6.07, 6.45) is 4.96. The van der Waals surface area contributed by atoms with Crippen molar-refractivity contribution in [2.75, 3.05) is 6.54 Å². The molecule has 0 aliphatic heterocycles. The van der Waals surface area contributed by atoms with E-state index in [0.717, 1.165) is 17.9 Å². The summed E-state index contributed by atoms with van der Waals surface area (Å²) in [5, 5.41) is 8.40. The monoisotopic (exact) mass is 279 g/mol. The third-order valence-corrected chi connectivity index (χ3v) is 3.15. The third-order valence-electron chi connectivity index (χ3n) is 2.86. The first-order chi connectivity index (χ1) is 9.15. The molecule has 0 radical (unpaired) electrons. The highest BCUT2D eigenvalue weighted by molar-refractivity contribution is 6.31. The first-order valence-corrected chi connectivity index (χ1v) is 6.75. The van der Waals surface area contributed by atoms with Crippen molar-refractivity contribution in [2.24, 2.45) is 0 Å². The minimum atomic E-state index is -0.0783. The quantitative estimate of drug-likeness (QED) is 0.914. The van der Waals surface area contributed by atoms with Gasteiger partial charge in [0.25, 0.3) is 0 Å². The molecule has 2 heterocycles. The summed E-state index contributed by atoms with van der Waals surface area (Å²) in [6.45, 7) is 7.03. The van der Waals surface area contributed by atoms with Crippen LogP contribution in [0, 0.1) is 0 Å². The molecular weight excluding hydrogens is 262 g/mol. The van der Waals surface area contributed by atoms with Gasteiger partial charge in [0.05, 0.1) is 28.6 Å². The van der Waals surface area contributed by atoms with Crippen LogP contribution >= 0.6 is 11.6 Å². The van der Waals surface area contributed by atoms with Crippen LogP contribution in [0.15, 0.2) is 24.8 Å². The van der Waals surface area contributed by atoms with Gasteiger partial charge in [0.15, 0.2) is 0 Å². The average molecular weight is 280 g/mol. The summed E-state index contributed by atoms with van der Waals surface area (Å²) >= 11 is 6.30. The zero-order valence-electron chi connectivity index (χ0n) is 11.3. The fourth-order valence-corrected chi connectivity index (χ4v) is 2.29. The van der Waals surface area contributed by atoms with Crippen LogP contribution in [-0.2, 0) is 0 Å². The molecule has 6 heteroatoms. The molecule has 1 unspecified atom stereocenters. The van der Waals surface area contributed by atoms with E-state index >= 15 is 0 Å². The maximum Gasteiger partial charge on any atom is 0.115 e. The number of halogens is 1. The Bertz CT molecular complexity index is 523. The van der Waals surface area contributed by atoms with Crippen molar-refractivity contribution in [2.45, 2.75) is 32.9 Å². The summed E-state index contributed by atoms with van der Waals surface area (Å²) in [5.74, 6) is 0. The van der Waals surface area contributed by atoms with Crippen LogP contribution in [0.4, 0.5) is 0 Å². The molecule has 0 spiro atoms. The standard InChI is InChI=1S/C13H18ClN5/c1-4-16-12(11-5-6-15-8-17-11)13-10(14)7-18-19(13)9(2)3/h5-9,12,16H,4H2,1-3H3. The second kappa shape index (κ2) is 6.12. The van der Waals surface area contributed by atoms with Gasteiger partial charge in [0.2, 0.25) is 0 Å². The van der Waals surface area contributed by atoms with Gasteiger partial charge in [-0.3, -0.25) is 4.68 Å². The Hall–Kier alpha value is -1.46. The maximum absolute atomic E-state index is 6.30. The largest absolute Gasteiger partial charge is 0.304 e. The van der Waals surface area contributed by atoms with Gasteiger partial charge in [-0.05, 0) is 26.5 Å². The lowest BCUT2D eigenvalue weighted by Gasteiger charge is -2.21. The lowest BCUT2D eigenvalue weighted by molar-refractivity contribution is 0.472. The number of aromatic nitrogens is 4. The molecule has 0 amide bonds. The van der Waals surface area contributed by atoms with E-state index < -0.39 is 0 Å². The van der Waals surface area contributed by atoms with Crippen LogP contribution in [0.3, 0.4) is 0 Å². The van der Waals surface area contributed by atoms with Gasteiger partial charge < -0.3 is 5.32 Å². The van der Waals surface area contributed by atoms with Crippen molar-refractivity contribution in [3.63, 3.8) is 0 Å². The van der Waals surface area contributed by atoms with Gasteiger partial charge in [-0.1, -0.05) is 18.5 Å². The van der Waals surface area contributed by atoms with Crippen molar-refractivity contribution >= 4 is 11.6 Å². The van der Waals surface area contributed by atoms with Crippen molar-refractivity contribution in [3.8, 4) is 0 Å². The molecule has 0 aliphatic rings. The van der Waals surface area contributed by atoms with Crippen molar-refractivity contribution in [3.05, 3.63) is 41.2 Å². The molecule has 0 saturated carbocycles. The fourth-order valence-electron chi connectivity index (χ4n) is 2.05. The minimum absolute atomic E-state index is 0.0783. The van der Waals surface area contributed by atoms with E-state index in [1.165, 1.54) is 0 Å². The third kappa shape index (κ3) is 2.93. The summed E-state index contributed by atoms with van der Waals surface area (Å²) in [6, 6.07) is 2.05. The highest BCUT2D eigenvalue weighted by atomic mass is 35.5. The lowest BCUT2D eigenvalue weighted by Crippen LogP contribution is -2.26. The van der Waals surface area contributed by atoms with E-state index in [9.17, 15) is 0 Å². The molecule has 0 saturated heterocycles. The van der Waals surface area contributed by atoms with Crippen molar-refractivity contribution in [1.82, 2.24) is 25.1 Å². The van der Waals surface area contributed by atoms with Crippen LogP contribution in [0.25, 0.3) is 0 Å². The molecule has 0 bridgehead atoms. The normalized spacial score (nSPS) is 12.9. The van der Waals surface area contributed by atoms with Crippen LogP contribution < -0.4 is 5.32 Å². The summed E-state index contributed by atoms with van der Waals surface area (Å²) in [4.78, 5) is 8.28. The van der Waals surface area contributed by atoms with Gasteiger partial charge in [-0.25, -0.2) is 9.97 Å². The highest BCUT2D eigenvalue weighted by Gasteiger charge is 2.23. The molecule has 19 heavy (non-hydrogen) atoms. The fraction of sp³-hybridized carbons (Fsp3) is 0.462. The summed E-state index contributed by atoms with van der Waals surface area (Å²) < 4.78 is 1.93. The van der Waals surface area contributed by atoms with Gasteiger partial charge in [0, 0.05) is 12.2 Å². The van der Waals surface area contributed by atoms with E-state index in [1.807, 2.05) is 10.7 Å². The molecular formula is C13H18ClN5. The number of nitrogens with zero attached hydrogens (tertiary/aromatic N) is 4. The molecule has 5 nitrogen and oxygen atoms in total. The molecule has 0 aliphatic carbocycles. The minimum Gasteiger partial charge on any atom is -0.304 e. The number of hydrogen-bond acceptors (Lipinski definition) is 4. The Labute approximate surface area is 118 Å². The van der Waals surface area contributed by atoms with Gasteiger partial charge in [-0.15, -0.1) is 0 Å². The van der Waals surface area contributed by atoms with E-state index in [1.54, 1.807) is 18.7 Å². The van der Waals surface area contributed by atoms with Crippen molar-refractivity contribution in [1.29, 1.82) is 0 Å². The second-order valence-electron chi connectivity index (χ2n) is 4.54. The smallest absolute Gasteiger partial charge is 0.115 e. The molecule has 1 atom stereocenters. The van der Waals surface area contributed by atoms with Crippen LogP contribution in [-0.4, -0.2) is 26.3 Å². The number of nitrogens with one attached hydrogen (secondary N) is 1. The predicted molar refractivity (Wildman–Crippen MR) is 75.2 cm³/mol. The van der Waals surface area contributed by atoms with Crippen molar-refractivity contribution < 1.29 is 0 Å². The Morgan fingerprint density at radius 2 is 2.21 bits per heavy atom. The second-order valence-corrected chi connectivity index (χ2v) is 4.95. The Morgan fingerprint density at radius 1 is 1.42 bits per heavy atom. The summed E-state index contributed by atoms with van der Waals surface area (Å²) in [7, 11) is 0. The first-order valence-electron chi connectivity index (χ1n) is 6.37. The maximum atomic E-state index is 6.30. The van der Waals surface area contributed by atoms with Gasteiger partial charge >= 0.3 is 0 Å². The number of hydrogen-bond donors (Lipinski definition) is 1. The van der Waals surface area contributed by atoms with Gasteiger partial charge in [0.1, 0.15) is 6.33 Å². The Balaban J connectivity index is 2.48. The number of rotatable bonds is 5. The van der Waals surface area contributed by atoms with E-state index in [2.05, 4.69) is 41.2 Å². The Kier molecular flexibility index (Phi) is 4.50. The summed E-state index contributed by atoms with van der Waals surface area (Å²) in [5.41, 5.74) is 1.83. The van der Waals surface area contributed by atoms with E-state index in [-0.39, 0.29) is 12.1 Å². The van der Waals surface area contributed by atoms with Crippen LogP contribution in [0.2, 0.25) is 5.02 Å². The molecule has 0 aromatic carbocycles. The molecule has 2 aromatic rings. The molecule has 1 N–H and O–H groups in total. The van der Waals surface area contributed by atoms with E-state index in [0.29, 0.717) is 5.02 Å². The first kappa shape index (κ1) is 14.0. The highest BCUT2D eigenvalue weighted by Crippen LogP contribution is 2.28. The predicted octanol–water partition coefficient (Wildman–Crippen LogP) is 2.61. The average Bonchev–Trinajstić information content (AvgIpc) is 2.79. The SMILES string of the molecule is CCNC(c1ccncn1)c1c(Cl)cnn1C(C)C. The Morgan fingerprint density at radius 3 is 2.79 bits per heavy atom. The van der Waals surface area contributed by atoms with Gasteiger partial charge in [-0.2, -0.15) is 5.10 Å². The molecule has 2 aromatic heterocycles. The van der Waals surface area contributed by atoms with Crippen LogP contribution in [0.1, 0.15) is 44.2 Å². The van der Waals surface area contributed by atoms with E-state index in [4.69, 9.17) is 11.6 Å². The molecule has 102 valence electrons. The molecule has 2 rings (SSSR count). The zero-order chi connectivity index (χ0) is 13.8. The topological polar surface area (TPSA) is 55.6 Å². The zero-order valence-corrected chi connectivity index (χ0v) is 12.1.